The van der Waals surface area contributed by atoms with Gasteiger partial charge in [-0.15, -0.1) is 0 Å². The highest BCUT2D eigenvalue weighted by atomic mass is 16.2. The van der Waals surface area contributed by atoms with Gasteiger partial charge in [0.2, 0.25) is 0 Å². The number of rotatable bonds is 4. The molecule has 0 unspecified atom stereocenters. The Hall–Kier alpha value is -2.93. The Balaban J connectivity index is 1.31. The minimum Gasteiger partial charge on any atom is -0.343 e. The molecule has 7 heteroatoms. The molecule has 0 aliphatic carbocycles. The van der Waals surface area contributed by atoms with E-state index < -0.39 is 0 Å². The van der Waals surface area contributed by atoms with Crippen LogP contribution in [0.2, 0.25) is 0 Å². The highest BCUT2D eigenvalue weighted by Gasteiger charge is 2.41. The van der Waals surface area contributed by atoms with Gasteiger partial charge in [-0.25, -0.2) is 4.79 Å². The van der Waals surface area contributed by atoms with Crippen LogP contribution in [0.5, 0.6) is 0 Å². The van der Waals surface area contributed by atoms with E-state index in [4.69, 9.17) is 0 Å². The zero-order chi connectivity index (χ0) is 20.4. The molecule has 3 heterocycles. The van der Waals surface area contributed by atoms with Crippen molar-refractivity contribution in [2.75, 3.05) is 45.6 Å². The number of aromatic nitrogens is 1. The van der Waals surface area contributed by atoms with Crippen LogP contribution in [-0.2, 0) is 6.54 Å². The zero-order valence-electron chi connectivity index (χ0n) is 16.9. The molecule has 1 aromatic carbocycles. The molecule has 0 bridgehead atoms. The molecule has 2 saturated heterocycles. The van der Waals surface area contributed by atoms with Crippen molar-refractivity contribution in [3.05, 3.63) is 59.9 Å². The minimum absolute atomic E-state index is 0.108. The molecule has 2 fully saturated rings. The maximum absolute atomic E-state index is 12.7. The molecule has 2 aliphatic rings. The van der Waals surface area contributed by atoms with E-state index in [0.29, 0.717) is 23.2 Å². The number of nitrogens with zero attached hydrogens (tertiary/aromatic N) is 4. The van der Waals surface area contributed by atoms with Crippen LogP contribution in [0, 0.1) is 11.8 Å². The number of urea groups is 1. The van der Waals surface area contributed by atoms with Gasteiger partial charge in [-0.1, -0.05) is 30.3 Å². The number of anilines is 1. The molecule has 152 valence electrons. The first kappa shape index (κ1) is 19.4. The summed E-state index contributed by atoms with van der Waals surface area (Å²) in [5.74, 6) is 0.857. The number of pyridine rings is 1. The summed E-state index contributed by atoms with van der Waals surface area (Å²) in [6.07, 6.45) is 1.55. The van der Waals surface area contributed by atoms with Crippen molar-refractivity contribution in [3.8, 4) is 0 Å². The fraction of sp³-hybridized carbons (Fsp3) is 0.409. The Morgan fingerprint density at radius 1 is 1.07 bits per heavy atom. The molecule has 3 amide bonds. The second-order valence-corrected chi connectivity index (χ2v) is 8.16. The number of likely N-dealkylation sites (tertiary alicyclic amines) is 2. The molecule has 7 nitrogen and oxygen atoms in total. The third-order valence-corrected chi connectivity index (χ3v) is 5.73. The normalized spacial score (nSPS) is 21.1. The zero-order valence-corrected chi connectivity index (χ0v) is 16.9. The number of amides is 3. The van der Waals surface area contributed by atoms with Crippen LogP contribution < -0.4 is 5.32 Å². The number of hydrogen-bond donors (Lipinski definition) is 1. The fourth-order valence-electron chi connectivity index (χ4n) is 4.28. The van der Waals surface area contributed by atoms with E-state index in [1.165, 1.54) is 10.5 Å². The number of carbonyl (C=O) groups excluding carboxylic acids is 2. The average Bonchev–Trinajstić information content (AvgIpc) is 3.27. The smallest absolute Gasteiger partial charge is 0.321 e. The summed E-state index contributed by atoms with van der Waals surface area (Å²) in [4.78, 5) is 34.7. The molecular weight excluding hydrogens is 366 g/mol. The Morgan fingerprint density at radius 3 is 2.41 bits per heavy atom. The molecule has 4 rings (SSSR count). The number of nitrogens with one attached hydrogen (secondary N) is 1. The van der Waals surface area contributed by atoms with Gasteiger partial charge in [0.15, 0.2) is 0 Å². The highest BCUT2D eigenvalue weighted by molar-refractivity contribution is 5.95. The molecule has 2 aliphatic heterocycles. The van der Waals surface area contributed by atoms with Crippen molar-refractivity contribution in [1.29, 1.82) is 0 Å². The largest absolute Gasteiger partial charge is 0.343 e. The summed E-state index contributed by atoms with van der Waals surface area (Å²) in [6, 6.07) is 13.8. The number of fused-ring (bicyclic) bond motifs is 1. The van der Waals surface area contributed by atoms with E-state index in [-0.39, 0.29) is 11.9 Å². The summed E-state index contributed by atoms with van der Waals surface area (Å²) in [5.41, 5.74) is 2.25. The van der Waals surface area contributed by atoms with Crippen molar-refractivity contribution in [2.24, 2.45) is 11.8 Å². The summed E-state index contributed by atoms with van der Waals surface area (Å²) in [5, 5.41) is 2.92. The van der Waals surface area contributed by atoms with Gasteiger partial charge < -0.3 is 15.1 Å². The second kappa shape index (κ2) is 8.21. The van der Waals surface area contributed by atoms with Crippen LogP contribution in [0.15, 0.2) is 48.7 Å². The van der Waals surface area contributed by atoms with E-state index in [0.717, 1.165) is 32.7 Å². The number of hydrogen-bond acceptors (Lipinski definition) is 4. The molecule has 1 N–H and O–H groups in total. The lowest BCUT2D eigenvalue weighted by molar-refractivity contribution is 0.0822. The fourth-order valence-corrected chi connectivity index (χ4v) is 4.28. The highest BCUT2D eigenvalue weighted by Crippen LogP contribution is 2.32. The van der Waals surface area contributed by atoms with E-state index >= 15 is 0 Å². The van der Waals surface area contributed by atoms with Gasteiger partial charge >= 0.3 is 6.03 Å². The van der Waals surface area contributed by atoms with Gasteiger partial charge in [0.1, 0.15) is 5.69 Å². The van der Waals surface area contributed by atoms with Gasteiger partial charge in [0.05, 0.1) is 0 Å². The van der Waals surface area contributed by atoms with Crippen molar-refractivity contribution < 1.29 is 9.59 Å². The molecule has 2 atom stereocenters. The maximum atomic E-state index is 12.7. The van der Waals surface area contributed by atoms with Gasteiger partial charge in [-0.2, -0.15) is 0 Å². The predicted octanol–water partition coefficient (Wildman–Crippen LogP) is 2.38. The first-order valence-electron chi connectivity index (χ1n) is 9.99. The topological polar surface area (TPSA) is 68.8 Å². The second-order valence-electron chi connectivity index (χ2n) is 8.16. The maximum Gasteiger partial charge on any atom is 0.321 e. The molecule has 29 heavy (non-hydrogen) atoms. The standard InChI is InChI=1S/C22H27N5O2/c1-25(2)21(28)20-10-19(8-9-23-20)24-22(29)27-14-17-12-26(13-18(17)15-27)11-16-6-4-3-5-7-16/h3-10,17-18H,11-15H2,1-2H3,(H,23,24,29)/t17-,18+. The predicted molar refractivity (Wildman–Crippen MR) is 112 cm³/mol. The number of benzene rings is 1. The van der Waals surface area contributed by atoms with Crippen LogP contribution in [-0.4, -0.2) is 71.9 Å². The van der Waals surface area contributed by atoms with Crippen LogP contribution in [0.1, 0.15) is 16.1 Å². The molecule has 0 spiro atoms. The minimum atomic E-state index is -0.185. The van der Waals surface area contributed by atoms with Crippen molar-refractivity contribution in [2.45, 2.75) is 6.54 Å². The summed E-state index contributed by atoms with van der Waals surface area (Å²) < 4.78 is 0. The molecule has 0 saturated carbocycles. The van der Waals surface area contributed by atoms with Crippen LogP contribution in [0.4, 0.5) is 10.5 Å². The lowest BCUT2D eigenvalue weighted by atomic mass is 10.0. The summed E-state index contributed by atoms with van der Waals surface area (Å²) in [6.45, 7) is 4.58. The molecule has 0 radical (unpaired) electrons. The van der Waals surface area contributed by atoms with Crippen LogP contribution >= 0.6 is 0 Å². The van der Waals surface area contributed by atoms with Gasteiger partial charge in [0.25, 0.3) is 5.91 Å². The summed E-state index contributed by atoms with van der Waals surface area (Å²) >= 11 is 0. The lowest BCUT2D eigenvalue weighted by Gasteiger charge is -2.22. The first-order valence-corrected chi connectivity index (χ1v) is 9.99. The summed E-state index contributed by atoms with van der Waals surface area (Å²) in [7, 11) is 3.36. The van der Waals surface area contributed by atoms with E-state index in [1.54, 1.807) is 32.4 Å². The van der Waals surface area contributed by atoms with Crippen LogP contribution in [0.3, 0.4) is 0 Å². The van der Waals surface area contributed by atoms with E-state index in [9.17, 15) is 9.59 Å². The Bertz CT molecular complexity index is 872. The Labute approximate surface area is 171 Å². The van der Waals surface area contributed by atoms with Gasteiger partial charge in [0, 0.05) is 58.7 Å². The van der Waals surface area contributed by atoms with Crippen molar-refractivity contribution in [1.82, 2.24) is 19.7 Å². The quantitative estimate of drug-likeness (QED) is 0.866. The third kappa shape index (κ3) is 4.40. The van der Waals surface area contributed by atoms with Gasteiger partial charge in [-0.05, 0) is 29.5 Å². The average molecular weight is 393 g/mol. The molecule has 2 aromatic rings. The van der Waals surface area contributed by atoms with Crippen LogP contribution in [0.25, 0.3) is 0 Å². The molecule has 1 aromatic heterocycles. The lowest BCUT2D eigenvalue weighted by Crippen LogP contribution is -2.36. The van der Waals surface area contributed by atoms with Crippen molar-refractivity contribution in [3.63, 3.8) is 0 Å². The monoisotopic (exact) mass is 393 g/mol. The van der Waals surface area contributed by atoms with E-state index in [1.807, 2.05) is 11.0 Å². The third-order valence-electron chi connectivity index (χ3n) is 5.73. The molecular formula is C22H27N5O2. The van der Waals surface area contributed by atoms with Crippen molar-refractivity contribution >= 4 is 17.6 Å². The SMILES string of the molecule is CN(C)C(=O)c1cc(NC(=O)N2C[C@H]3CN(Cc4ccccc4)C[C@H]3C2)ccn1. The van der Waals surface area contributed by atoms with E-state index in [2.05, 4.69) is 39.5 Å². The van der Waals surface area contributed by atoms with Gasteiger partial charge in [-0.3, -0.25) is 14.7 Å². The Kier molecular flexibility index (Phi) is 5.49. The number of carbonyl (C=O) groups is 2. The Morgan fingerprint density at radius 2 is 1.76 bits per heavy atom. The first-order chi connectivity index (χ1) is 14.0.